The Morgan fingerprint density at radius 3 is 1.38 bits per heavy atom. The van der Waals surface area contributed by atoms with Crippen LogP contribution in [0, 0.1) is 0 Å². The third-order valence-corrected chi connectivity index (χ3v) is 8.07. The first-order valence-electron chi connectivity index (χ1n) is 17.7. The highest BCUT2D eigenvalue weighted by molar-refractivity contribution is 5.99. The van der Waals surface area contributed by atoms with Crippen LogP contribution >= 0.6 is 0 Å². The van der Waals surface area contributed by atoms with Crippen molar-refractivity contribution in [2.45, 2.75) is 168 Å². The second kappa shape index (κ2) is 29.2. The van der Waals surface area contributed by atoms with Crippen molar-refractivity contribution < 1.29 is 24.7 Å². The zero-order valence-electron chi connectivity index (χ0n) is 28.1. The van der Waals surface area contributed by atoms with E-state index in [2.05, 4.69) is 27.9 Å². The van der Waals surface area contributed by atoms with Gasteiger partial charge in [0.15, 0.2) is 5.78 Å². The van der Waals surface area contributed by atoms with Crippen LogP contribution in [0.5, 0.6) is 5.75 Å². The van der Waals surface area contributed by atoms with Gasteiger partial charge in [-0.2, -0.15) is 0 Å². The molecule has 0 saturated heterocycles. The molecule has 1 aromatic carbocycles. The lowest BCUT2D eigenvalue weighted by Gasteiger charge is -2.11. The largest absolute Gasteiger partial charge is 0.872 e. The molecule has 0 saturated carbocycles. The smallest absolute Gasteiger partial charge is 0.335 e. The quantitative estimate of drug-likeness (QED) is 0.0792. The minimum absolute atomic E-state index is 0.0876. The molecule has 0 atom stereocenters. The van der Waals surface area contributed by atoms with Gasteiger partial charge in [-0.05, 0) is 25.3 Å². The molecule has 0 aliphatic heterocycles. The van der Waals surface area contributed by atoms with Crippen LogP contribution in [0.4, 0.5) is 0 Å². The number of benzene rings is 1. The van der Waals surface area contributed by atoms with E-state index in [1.807, 2.05) is 0 Å². The molecule has 244 valence electrons. The summed E-state index contributed by atoms with van der Waals surface area (Å²) < 4.78 is 0. The van der Waals surface area contributed by atoms with Crippen LogP contribution in [0.3, 0.4) is 0 Å². The van der Waals surface area contributed by atoms with Gasteiger partial charge in [-0.3, -0.25) is 4.79 Å². The lowest BCUT2D eigenvalue weighted by Crippen LogP contribution is -3.05. The van der Waals surface area contributed by atoms with Crippen LogP contribution in [0.2, 0.25) is 0 Å². The molecule has 0 aliphatic rings. The number of ketones is 1. The lowest BCUT2D eigenvalue weighted by atomic mass is 10.0. The van der Waals surface area contributed by atoms with E-state index in [0.717, 1.165) is 25.3 Å². The van der Waals surface area contributed by atoms with Gasteiger partial charge >= 0.3 is 5.97 Å². The highest BCUT2D eigenvalue weighted by Crippen LogP contribution is 2.18. The van der Waals surface area contributed by atoms with Crippen molar-refractivity contribution in [3.05, 3.63) is 29.3 Å². The number of carbonyl (C=O) groups excluding carboxylic acids is 1. The van der Waals surface area contributed by atoms with Gasteiger partial charge in [0.1, 0.15) is 0 Å². The van der Waals surface area contributed by atoms with Crippen molar-refractivity contribution in [1.29, 1.82) is 0 Å². The normalized spacial score (nSPS) is 11.0. The summed E-state index contributed by atoms with van der Waals surface area (Å²) in [5.41, 5.74) is -0.00973. The Bertz CT molecular complexity index is 777. The van der Waals surface area contributed by atoms with Gasteiger partial charge in [-0.15, -0.1) is 0 Å². The number of hydrogen-bond donors (Lipinski definition) is 2. The van der Waals surface area contributed by atoms with E-state index in [4.69, 9.17) is 5.11 Å². The second-order valence-corrected chi connectivity index (χ2v) is 12.6. The summed E-state index contributed by atoms with van der Waals surface area (Å²) in [6, 6.07) is 3.78. The number of carboxylic acids is 1. The fraction of sp³-hybridized carbons (Fsp3) is 0.784. The zero-order chi connectivity index (χ0) is 31.3. The molecule has 1 rings (SSSR count). The summed E-state index contributed by atoms with van der Waals surface area (Å²) in [6.45, 7) is 5.85. The standard InChI is InChI=1S/C19H28O4.C18H39N/c1-2-3-4-5-6-7-8-9-10-11-17(20)15-12-13-18(21)16(14-15)19(22)23;1-4-5-6-7-8-9-10-11-12-13-14-15-16-17-18-19(2)3/h12-14,21H,2-11H2,1H3,(H,22,23);4-18H2,1-3H3. The predicted octanol–water partition coefficient (Wildman–Crippen LogP) is 9.17. The van der Waals surface area contributed by atoms with Crippen molar-refractivity contribution in [2.24, 2.45) is 0 Å². The van der Waals surface area contributed by atoms with E-state index in [1.54, 1.807) is 4.90 Å². The Balaban J connectivity index is 0.000000817. The first kappa shape index (κ1) is 40.1. The molecule has 0 amide bonds. The molecule has 0 bridgehead atoms. The third-order valence-electron chi connectivity index (χ3n) is 8.07. The highest BCUT2D eigenvalue weighted by Gasteiger charge is 2.10. The average Bonchev–Trinajstić information content (AvgIpc) is 2.96. The predicted molar refractivity (Wildman–Crippen MR) is 177 cm³/mol. The van der Waals surface area contributed by atoms with Gasteiger partial charge in [0.25, 0.3) is 0 Å². The van der Waals surface area contributed by atoms with Crippen LogP contribution in [0.1, 0.15) is 189 Å². The average molecular weight is 590 g/mol. The number of rotatable bonds is 27. The van der Waals surface area contributed by atoms with E-state index < -0.39 is 11.7 Å². The van der Waals surface area contributed by atoms with Gasteiger partial charge in [-0.25, -0.2) is 4.79 Å². The zero-order valence-corrected chi connectivity index (χ0v) is 28.1. The molecular weight excluding hydrogens is 522 g/mol. The molecule has 0 spiro atoms. The first-order chi connectivity index (χ1) is 20.3. The molecular formula is C37H67NO4. The number of quaternary nitrogens is 1. The number of aromatic carboxylic acids is 1. The van der Waals surface area contributed by atoms with Crippen LogP contribution in [0.15, 0.2) is 18.2 Å². The van der Waals surface area contributed by atoms with Gasteiger partial charge in [-0.1, -0.05) is 160 Å². The Morgan fingerprint density at radius 2 is 1.00 bits per heavy atom. The Hall–Kier alpha value is -1.88. The molecule has 5 nitrogen and oxygen atoms in total. The minimum Gasteiger partial charge on any atom is -0.872 e. The lowest BCUT2D eigenvalue weighted by molar-refractivity contribution is -0.858. The summed E-state index contributed by atoms with van der Waals surface area (Å²) in [4.78, 5) is 24.6. The first-order valence-corrected chi connectivity index (χ1v) is 17.7. The molecule has 1 aromatic rings. The molecule has 0 aromatic heterocycles. The highest BCUT2D eigenvalue weighted by atomic mass is 16.4. The Morgan fingerprint density at radius 1 is 0.619 bits per heavy atom. The number of Topliss-reactive ketones (excluding diaryl/α,β-unsaturated/α-hetero) is 1. The summed E-state index contributed by atoms with van der Waals surface area (Å²) in [6.07, 6.45) is 31.5. The van der Waals surface area contributed by atoms with Crippen LogP contribution < -0.4 is 10.0 Å². The maximum Gasteiger partial charge on any atom is 0.335 e. The van der Waals surface area contributed by atoms with Gasteiger partial charge < -0.3 is 15.1 Å². The van der Waals surface area contributed by atoms with Crippen molar-refractivity contribution in [3.8, 4) is 5.75 Å². The van der Waals surface area contributed by atoms with E-state index in [1.165, 1.54) is 147 Å². The number of unbranched alkanes of at least 4 members (excludes halogenated alkanes) is 21. The molecule has 0 fully saturated rings. The molecule has 5 heteroatoms. The summed E-state index contributed by atoms with van der Waals surface area (Å²) in [7, 11) is 4.50. The Kier molecular flexibility index (Phi) is 27.9. The molecule has 0 aliphatic carbocycles. The maximum absolute atomic E-state index is 12.0. The van der Waals surface area contributed by atoms with Crippen molar-refractivity contribution in [2.75, 3.05) is 20.6 Å². The Labute approximate surface area is 259 Å². The third kappa shape index (κ3) is 24.7. The fourth-order valence-electron chi connectivity index (χ4n) is 5.28. The van der Waals surface area contributed by atoms with E-state index in [0.29, 0.717) is 12.0 Å². The summed E-state index contributed by atoms with van der Waals surface area (Å²) >= 11 is 0. The summed E-state index contributed by atoms with van der Waals surface area (Å²) in [5, 5.41) is 20.3. The molecule has 0 heterocycles. The monoisotopic (exact) mass is 590 g/mol. The van der Waals surface area contributed by atoms with Gasteiger partial charge in [0.05, 0.1) is 26.2 Å². The maximum atomic E-state index is 12.0. The van der Waals surface area contributed by atoms with E-state index in [9.17, 15) is 14.7 Å². The molecule has 2 N–H and O–H groups in total. The summed E-state index contributed by atoms with van der Waals surface area (Å²) in [5.74, 6) is -1.93. The van der Waals surface area contributed by atoms with E-state index in [-0.39, 0.29) is 11.3 Å². The minimum atomic E-state index is -1.28. The number of carbonyl (C=O) groups is 2. The number of carboxylic acid groups (broad SMARTS) is 1. The topological polar surface area (TPSA) is 81.9 Å². The van der Waals surface area contributed by atoms with Gasteiger partial charge in [0.2, 0.25) is 0 Å². The van der Waals surface area contributed by atoms with Crippen LogP contribution in [0.25, 0.3) is 0 Å². The molecule has 0 radical (unpaired) electrons. The van der Waals surface area contributed by atoms with Crippen molar-refractivity contribution >= 4 is 11.8 Å². The van der Waals surface area contributed by atoms with E-state index >= 15 is 0 Å². The van der Waals surface area contributed by atoms with Crippen molar-refractivity contribution in [1.82, 2.24) is 0 Å². The van der Waals surface area contributed by atoms with Crippen molar-refractivity contribution in [3.63, 3.8) is 0 Å². The second-order valence-electron chi connectivity index (χ2n) is 12.6. The number of nitrogens with one attached hydrogen (secondary N) is 1. The SMILES string of the molecule is CCCCCCCCCCCC(=O)c1ccc([O-])c(C(=O)O)c1.CCCCCCCCCCCCCCCC[NH+](C)C. The molecule has 0 unspecified atom stereocenters. The van der Waals surface area contributed by atoms with Crippen LogP contribution in [-0.2, 0) is 0 Å². The fourth-order valence-corrected chi connectivity index (χ4v) is 5.28. The molecule has 42 heavy (non-hydrogen) atoms. The number of hydrogen-bond acceptors (Lipinski definition) is 3. The van der Waals surface area contributed by atoms with Gasteiger partial charge in [0, 0.05) is 12.0 Å². The van der Waals surface area contributed by atoms with Crippen LogP contribution in [-0.4, -0.2) is 37.5 Å².